The lowest BCUT2D eigenvalue weighted by molar-refractivity contribution is 0.135. The van der Waals surface area contributed by atoms with E-state index >= 15 is 0 Å². The number of benzene rings is 2. The highest BCUT2D eigenvalue weighted by Crippen LogP contribution is 2.11. The van der Waals surface area contributed by atoms with Gasteiger partial charge in [-0.3, -0.25) is 0 Å². The summed E-state index contributed by atoms with van der Waals surface area (Å²) in [6, 6.07) is 16.7. The Morgan fingerprint density at radius 2 is 1.11 bits per heavy atom. The molecule has 2 aromatic rings. The van der Waals surface area contributed by atoms with Crippen LogP contribution in [0.3, 0.4) is 0 Å². The highest BCUT2D eigenvalue weighted by Gasteiger charge is 1.85. The summed E-state index contributed by atoms with van der Waals surface area (Å²) in [5, 5.41) is 10.6. The second-order valence-corrected chi connectivity index (χ2v) is 3.06. The second kappa shape index (κ2) is 16.6. The highest BCUT2D eigenvalue weighted by molar-refractivity contribution is 5.81. The molecule has 0 aliphatic rings. The molecular formula is C17H28O2. The average Bonchev–Trinajstić information content (AvgIpc) is 2.53. The van der Waals surface area contributed by atoms with Crippen molar-refractivity contribution >= 4 is 10.8 Å². The van der Waals surface area contributed by atoms with Crippen LogP contribution in [0.4, 0.5) is 0 Å². The minimum atomic E-state index is 0.122. The van der Waals surface area contributed by atoms with E-state index in [4.69, 9.17) is 5.11 Å². The molecule has 0 heterocycles. The van der Waals surface area contributed by atoms with Gasteiger partial charge in [0.2, 0.25) is 0 Å². The predicted octanol–water partition coefficient (Wildman–Crippen LogP) is 4.52. The van der Waals surface area contributed by atoms with E-state index in [1.165, 1.54) is 10.8 Å². The molecule has 0 aliphatic carbocycles. The Balaban J connectivity index is 0. The van der Waals surface area contributed by atoms with Gasteiger partial charge in [-0.05, 0) is 10.8 Å². The third-order valence-corrected chi connectivity index (χ3v) is 1.95. The van der Waals surface area contributed by atoms with Crippen molar-refractivity contribution in [3.8, 4) is 0 Å². The van der Waals surface area contributed by atoms with Gasteiger partial charge in [0.1, 0.15) is 0 Å². The number of aliphatic hydroxyl groups excluding tert-OH is 1. The van der Waals surface area contributed by atoms with Gasteiger partial charge in [-0.15, -0.1) is 0 Å². The van der Waals surface area contributed by atoms with E-state index in [9.17, 15) is 0 Å². The van der Waals surface area contributed by atoms with Gasteiger partial charge in [-0.2, -0.15) is 0 Å². The summed E-state index contributed by atoms with van der Waals surface area (Å²) in [5.74, 6) is 0. The van der Waals surface area contributed by atoms with Crippen molar-refractivity contribution in [2.45, 2.75) is 27.7 Å². The van der Waals surface area contributed by atoms with E-state index in [1.54, 1.807) is 7.11 Å². The van der Waals surface area contributed by atoms with Crippen LogP contribution >= 0.6 is 0 Å². The fourth-order valence-corrected chi connectivity index (χ4v) is 1.22. The zero-order valence-corrected chi connectivity index (χ0v) is 12.9. The molecular weight excluding hydrogens is 236 g/mol. The van der Waals surface area contributed by atoms with Gasteiger partial charge in [0, 0.05) is 7.11 Å². The van der Waals surface area contributed by atoms with Crippen LogP contribution in [0, 0.1) is 0 Å². The maximum Gasteiger partial charge on any atom is 0.0693 e. The van der Waals surface area contributed by atoms with Gasteiger partial charge in [-0.25, -0.2) is 0 Å². The van der Waals surface area contributed by atoms with E-state index in [-0.39, 0.29) is 6.61 Å². The average molecular weight is 264 g/mol. The van der Waals surface area contributed by atoms with Crippen molar-refractivity contribution in [1.82, 2.24) is 0 Å². The van der Waals surface area contributed by atoms with Gasteiger partial charge < -0.3 is 9.84 Å². The molecule has 19 heavy (non-hydrogen) atoms. The van der Waals surface area contributed by atoms with Crippen LogP contribution in [-0.2, 0) is 4.74 Å². The summed E-state index contributed by atoms with van der Waals surface area (Å²) >= 11 is 0. The summed E-state index contributed by atoms with van der Waals surface area (Å²) in [6.45, 7) is 8.57. The molecule has 0 aromatic heterocycles. The molecule has 1 N–H and O–H groups in total. The number of hydrogen-bond donors (Lipinski definition) is 1. The third-order valence-electron chi connectivity index (χ3n) is 1.95. The Morgan fingerprint density at radius 1 is 0.789 bits per heavy atom. The van der Waals surface area contributed by atoms with Crippen molar-refractivity contribution in [1.29, 1.82) is 0 Å². The van der Waals surface area contributed by atoms with Crippen LogP contribution in [0.25, 0.3) is 10.8 Å². The minimum Gasteiger partial charge on any atom is -0.394 e. The van der Waals surface area contributed by atoms with Crippen molar-refractivity contribution < 1.29 is 9.84 Å². The van der Waals surface area contributed by atoms with Gasteiger partial charge in [-0.1, -0.05) is 76.2 Å². The number of aliphatic hydroxyl groups is 1. The van der Waals surface area contributed by atoms with Crippen LogP contribution in [0.1, 0.15) is 27.7 Å². The van der Waals surface area contributed by atoms with E-state index in [0.717, 1.165) is 0 Å². The Morgan fingerprint density at radius 3 is 1.26 bits per heavy atom. The quantitative estimate of drug-likeness (QED) is 0.864. The lowest BCUT2D eigenvalue weighted by atomic mass is 10.1. The van der Waals surface area contributed by atoms with Crippen molar-refractivity contribution in [3.63, 3.8) is 0 Å². The summed E-state index contributed by atoms with van der Waals surface area (Å²) in [6.07, 6.45) is 0. The Bertz CT molecular complexity index is 318. The summed E-state index contributed by atoms with van der Waals surface area (Å²) < 4.78 is 4.44. The standard InChI is InChI=1S/C10H8.C3H8O2.2C2H6/c1-2-6-10-8-4-3-7-9(10)5-1;1-5-3-2-4;2*1-2/h1-8H;4H,2-3H2,1H3;2*1-2H3. The molecule has 0 fully saturated rings. The van der Waals surface area contributed by atoms with Crippen LogP contribution in [-0.4, -0.2) is 25.4 Å². The molecule has 0 radical (unpaired) electrons. The number of hydrogen-bond acceptors (Lipinski definition) is 2. The van der Waals surface area contributed by atoms with Crippen molar-refractivity contribution in [2.24, 2.45) is 0 Å². The van der Waals surface area contributed by atoms with E-state index in [2.05, 4.69) is 53.3 Å². The maximum atomic E-state index is 7.94. The Hall–Kier alpha value is -1.38. The first-order valence-electron chi connectivity index (χ1n) is 6.92. The fraction of sp³-hybridized carbons (Fsp3) is 0.412. The van der Waals surface area contributed by atoms with Crippen molar-refractivity contribution in [2.75, 3.05) is 20.3 Å². The molecule has 0 unspecified atom stereocenters. The van der Waals surface area contributed by atoms with E-state index < -0.39 is 0 Å². The van der Waals surface area contributed by atoms with Crippen LogP contribution in [0.15, 0.2) is 48.5 Å². The largest absolute Gasteiger partial charge is 0.394 e. The molecule has 0 bridgehead atoms. The molecule has 0 atom stereocenters. The maximum absolute atomic E-state index is 7.94. The molecule has 0 amide bonds. The SMILES string of the molecule is CC.CC.COCCO.c1ccc2ccccc2c1. The monoisotopic (exact) mass is 264 g/mol. The summed E-state index contributed by atoms with van der Waals surface area (Å²) in [4.78, 5) is 0. The smallest absolute Gasteiger partial charge is 0.0693 e. The summed E-state index contributed by atoms with van der Waals surface area (Å²) in [5.41, 5.74) is 0. The number of rotatable bonds is 2. The Labute approximate surface area is 118 Å². The lowest BCUT2D eigenvalue weighted by Gasteiger charge is -1.92. The molecule has 0 saturated carbocycles. The van der Waals surface area contributed by atoms with Crippen LogP contribution in [0.5, 0.6) is 0 Å². The highest BCUT2D eigenvalue weighted by atomic mass is 16.5. The van der Waals surface area contributed by atoms with E-state index in [0.29, 0.717) is 6.61 Å². The minimum absolute atomic E-state index is 0.122. The van der Waals surface area contributed by atoms with Gasteiger partial charge in [0.15, 0.2) is 0 Å². The van der Waals surface area contributed by atoms with Gasteiger partial charge in [0.05, 0.1) is 13.2 Å². The zero-order chi connectivity index (χ0) is 14.9. The number of fused-ring (bicyclic) bond motifs is 1. The third kappa shape index (κ3) is 10.2. The molecule has 2 rings (SSSR count). The molecule has 0 aliphatic heterocycles. The molecule has 0 spiro atoms. The second-order valence-electron chi connectivity index (χ2n) is 3.06. The number of methoxy groups -OCH3 is 1. The number of ether oxygens (including phenoxy) is 1. The van der Waals surface area contributed by atoms with Crippen molar-refractivity contribution in [3.05, 3.63) is 48.5 Å². The first-order chi connectivity index (χ1) is 9.38. The molecule has 2 aromatic carbocycles. The molecule has 2 heteroatoms. The lowest BCUT2D eigenvalue weighted by Crippen LogP contribution is -1.91. The fourth-order valence-electron chi connectivity index (χ4n) is 1.22. The van der Waals surface area contributed by atoms with E-state index in [1.807, 2.05) is 27.7 Å². The summed E-state index contributed by atoms with van der Waals surface area (Å²) in [7, 11) is 1.55. The van der Waals surface area contributed by atoms with Gasteiger partial charge in [0.25, 0.3) is 0 Å². The first-order valence-corrected chi connectivity index (χ1v) is 6.92. The normalized spacial score (nSPS) is 8.11. The van der Waals surface area contributed by atoms with Crippen LogP contribution in [0.2, 0.25) is 0 Å². The zero-order valence-electron chi connectivity index (χ0n) is 12.9. The predicted molar refractivity (Wildman–Crippen MR) is 85.6 cm³/mol. The molecule has 108 valence electrons. The Kier molecular flexibility index (Phi) is 17.4. The van der Waals surface area contributed by atoms with Crippen LogP contribution < -0.4 is 0 Å². The molecule has 0 saturated heterocycles. The molecule has 2 nitrogen and oxygen atoms in total. The topological polar surface area (TPSA) is 29.5 Å². The first kappa shape index (κ1) is 19.9. The van der Waals surface area contributed by atoms with Gasteiger partial charge >= 0.3 is 0 Å².